The van der Waals surface area contributed by atoms with E-state index in [1.165, 1.54) is 5.56 Å². The summed E-state index contributed by atoms with van der Waals surface area (Å²) >= 11 is 3.44. The molecule has 0 N–H and O–H groups in total. The third kappa shape index (κ3) is 4.36. The molecular weight excluding hydrogens is 452 g/mol. The molecule has 0 saturated carbocycles. The zero-order valence-electron chi connectivity index (χ0n) is 17.3. The number of hydrogen-bond acceptors (Lipinski definition) is 4. The lowest BCUT2D eigenvalue weighted by Gasteiger charge is -2.48. The molecule has 158 valence electrons. The third-order valence-corrected chi connectivity index (χ3v) is 6.72. The average Bonchev–Trinajstić information content (AvgIpc) is 2.80. The molecule has 5 rings (SSSR count). The summed E-state index contributed by atoms with van der Waals surface area (Å²) in [6.45, 7) is 5.60. The fourth-order valence-electron chi connectivity index (χ4n) is 4.34. The number of halogens is 1. The van der Waals surface area contributed by atoms with Crippen LogP contribution in [0.5, 0.6) is 0 Å². The third-order valence-electron chi connectivity index (χ3n) is 6.25. The second kappa shape index (κ2) is 8.81. The molecule has 6 heteroatoms. The van der Waals surface area contributed by atoms with Crippen molar-refractivity contribution in [2.75, 3.05) is 44.2 Å². The number of benzene rings is 2. The van der Waals surface area contributed by atoms with E-state index in [-0.39, 0.29) is 5.91 Å². The number of rotatable bonds is 4. The van der Waals surface area contributed by atoms with Gasteiger partial charge in [-0.3, -0.25) is 9.69 Å². The van der Waals surface area contributed by atoms with Gasteiger partial charge in [0.25, 0.3) is 5.91 Å². The van der Waals surface area contributed by atoms with Crippen LogP contribution in [-0.4, -0.2) is 66.0 Å². The molecule has 31 heavy (non-hydrogen) atoms. The van der Waals surface area contributed by atoms with Crippen molar-refractivity contribution < 1.29 is 4.79 Å². The molecule has 2 saturated heterocycles. The molecule has 3 aromatic rings. The monoisotopic (exact) mass is 476 g/mol. The zero-order chi connectivity index (χ0) is 21.2. The van der Waals surface area contributed by atoms with Gasteiger partial charge in [0.15, 0.2) is 0 Å². The van der Waals surface area contributed by atoms with Gasteiger partial charge in [-0.1, -0.05) is 42.5 Å². The first-order valence-corrected chi connectivity index (χ1v) is 11.5. The van der Waals surface area contributed by atoms with Crippen LogP contribution in [0.15, 0.2) is 77.4 Å². The molecular formula is C25H25BrN4O. The molecule has 0 aliphatic carbocycles. The van der Waals surface area contributed by atoms with Crippen molar-refractivity contribution >= 4 is 27.7 Å². The number of carbonyl (C=O) groups is 1. The van der Waals surface area contributed by atoms with Crippen LogP contribution in [0.25, 0.3) is 11.1 Å². The maximum absolute atomic E-state index is 12.9. The van der Waals surface area contributed by atoms with Gasteiger partial charge in [-0.2, -0.15) is 0 Å². The summed E-state index contributed by atoms with van der Waals surface area (Å²) in [7, 11) is 0. The number of anilines is 1. The Balaban J connectivity index is 1.12. The van der Waals surface area contributed by atoms with Gasteiger partial charge < -0.3 is 9.80 Å². The van der Waals surface area contributed by atoms with Gasteiger partial charge in [0, 0.05) is 61.5 Å². The minimum Gasteiger partial charge on any atom is -0.354 e. The Hall–Kier alpha value is -2.70. The fourth-order valence-corrected chi connectivity index (χ4v) is 4.58. The van der Waals surface area contributed by atoms with E-state index < -0.39 is 0 Å². The Morgan fingerprint density at radius 1 is 0.839 bits per heavy atom. The molecule has 0 radical (unpaired) electrons. The zero-order valence-corrected chi connectivity index (χ0v) is 18.9. The van der Waals surface area contributed by atoms with Crippen LogP contribution < -0.4 is 4.90 Å². The topological polar surface area (TPSA) is 39.7 Å². The smallest absolute Gasteiger partial charge is 0.253 e. The molecule has 0 atom stereocenters. The van der Waals surface area contributed by atoms with Gasteiger partial charge in [-0.25, -0.2) is 4.98 Å². The molecule has 2 aromatic carbocycles. The van der Waals surface area contributed by atoms with Crippen LogP contribution in [-0.2, 0) is 0 Å². The minimum absolute atomic E-state index is 0.133. The second-order valence-electron chi connectivity index (χ2n) is 8.16. The highest BCUT2D eigenvalue weighted by atomic mass is 79.9. The normalized spacial score (nSPS) is 17.5. The van der Waals surface area contributed by atoms with E-state index in [2.05, 4.69) is 48.9 Å². The Bertz CT molecular complexity index is 1030. The van der Waals surface area contributed by atoms with Crippen molar-refractivity contribution in [3.8, 4) is 11.1 Å². The van der Waals surface area contributed by atoms with Crippen molar-refractivity contribution in [3.05, 3.63) is 83.0 Å². The summed E-state index contributed by atoms with van der Waals surface area (Å²) < 4.78 is 1.00. The number of likely N-dealkylation sites (tertiary alicyclic amines) is 1. The quantitative estimate of drug-likeness (QED) is 0.566. The summed E-state index contributed by atoms with van der Waals surface area (Å²) in [4.78, 5) is 24.2. The van der Waals surface area contributed by atoms with Crippen LogP contribution in [0.1, 0.15) is 10.4 Å². The lowest BCUT2D eigenvalue weighted by Crippen LogP contribution is -2.64. The number of amides is 1. The summed E-state index contributed by atoms with van der Waals surface area (Å²) in [5.74, 6) is 1.17. The molecule has 0 spiro atoms. The largest absolute Gasteiger partial charge is 0.354 e. The number of hydrogen-bond donors (Lipinski definition) is 0. The highest BCUT2D eigenvalue weighted by molar-refractivity contribution is 9.10. The van der Waals surface area contributed by atoms with Crippen molar-refractivity contribution in [3.63, 3.8) is 0 Å². The number of pyridine rings is 1. The Morgan fingerprint density at radius 2 is 1.52 bits per heavy atom. The van der Waals surface area contributed by atoms with Crippen LogP contribution >= 0.6 is 15.9 Å². The summed E-state index contributed by atoms with van der Waals surface area (Å²) in [5.41, 5.74) is 3.07. The highest BCUT2D eigenvalue weighted by Gasteiger charge is 2.36. The van der Waals surface area contributed by atoms with Gasteiger partial charge in [0.05, 0.1) is 0 Å². The van der Waals surface area contributed by atoms with Gasteiger partial charge >= 0.3 is 0 Å². The van der Waals surface area contributed by atoms with Gasteiger partial charge in [0.1, 0.15) is 5.82 Å². The summed E-state index contributed by atoms with van der Waals surface area (Å²) in [6.07, 6.45) is 1.85. The van der Waals surface area contributed by atoms with E-state index in [4.69, 9.17) is 0 Å². The van der Waals surface area contributed by atoms with Crippen LogP contribution in [0, 0.1) is 0 Å². The van der Waals surface area contributed by atoms with E-state index in [0.717, 1.165) is 60.7 Å². The Labute approximate surface area is 191 Å². The highest BCUT2D eigenvalue weighted by Crippen LogP contribution is 2.24. The number of aromatic nitrogens is 1. The molecule has 0 unspecified atom stereocenters. The Morgan fingerprint density at radius 3 is 2.16 bits per heavy atom. The van der Waals surface area contributed by atoms with E-state index in [9.17, 15) is 4.79 Å². The predicted octanol–water partition coefficient (Wildman–Crippen LogP) is 4.16. The summed E-state index contributed by atoms with van der Waals surface area (Å²) in [6, 6.07) is 22.8. The molecule has 2 fully saturated rings. The standard InChI is InChI=1S/C25H25BrN4O/c26-22-10-11-24(27-16-22)29-14-12-28(13-15-29)23-17-30(18-23)25(31)21-8-6-20(7-9-21)19-4-2-1-3-5-19/h1-11,16,23H,12-15,17-18H2. The average molecular weight is 477 g/mol. The van der Waals surface area contributed by atoms with Gasteiger partial charge in [0.2, 0.25) is 0 Å². The van der Waals surface area contributed by atoms with E-state index in [1.807, 2.05) is 59.6 Å². The number of piperazine rings is 1. The predicted molar refractivity (Wildman–Crippen MR) is 127 cm³/mol. The Kier molecular flexibility index (Phi) is 5.74. The van der Waals surface area contributed by atoms with E-state index in [0.29, 0.717) is 6.04 Å². The number of nitrogens with zero attached hydrogens (tertiary/aromatic N) is 4. The molecule has 1 amide bonds. The van der Waals surface area contributed by atoms with Crippen LogP contribution in [0.3, 0.4) is 0 Å². The molecule has 2 aliphatic heterocycles. The lowest BCUT2D eigenvalue weighted by molar-refractivity contribution is 0.0246. The first-order valence-electron chi connectivity index (χ1n) is 10.7. The van der Waals surface area contributed by atoms with E-state index >= 15 is 0 Å². The second-order valence-corrected chi connectivity index (χ2v) is 9.08. The maximum atomic E-state index is 12.9. The van der Waals surface area contributed by atoms with Crippen molar-refractivity contribution in [1.29, 1.82) is 0 Å². The van der Waals surface area contributed by atoms with Crippen molar-refractivity contribution in [2.45, 2.75) is 6.04 Å². The van der Waals surface area contributed by atoms with Gasteiger partial charge in [-0.05, 0) is 51.3 Å². The molecule has 0 bridgehead atoms. The van der Waals surface area contributed by atoms with Crippen LogP contribution in [0.4, 0.5) is 5.82 Å². The first kappa shape index (κ1) is 20.2. The summed E-state index contributed by atoms with van der Waals surface area (Å²) in [5, 5.41) is 0. The van der Waals surface area contributed by atoms with Crippen molar-refractivity contribution in [2.24, 2.45) is 0 Å². The van der Waals surface area contributed by atoms with Crippen LogP contribution in [0.2, 0.25) is 0 Å². The maximum Gasteiger partial charge on any atom is 0.253 e. The molecule has 2 aliphatic rings. The molecule has 1 aromatic heterocycles. The lowest BCUT2D eigenvalue weighted by atomic mass is 10.0. The van der Waals surface area contributed by atoms with Crippen molar-refractivity contribution in [1.82, 2.24) is 14.8 Å². The van der Waals surface area contributed by atoms with E-state index in [1.54, 1.807) is 0 Å². The van der Waals surface area contributed by atoms with Gasteiger partial charge in [-0.15, -0.1) is 0 Å². The molecule has 5 nitrogen and oxygen atoms in total. The SMILES string of the molecule is O=C(c1ccc(-c2ccccc2)cc1)N1CC(N2CCN(c3ccc(Br)cn3)CC2)C1. The minimum atomic E-state index is 0.133. The fraction of sp³-hybridized carbons (Fsp3) is 0.280. The molecule has 3 heterocycles. The first-order chi connectivity index (χ1) is 15.2. The number of carbonyl (C=O) groups excluding carboxylic acids is 1.